The highest BCUT2D eigenvalue weighted by Gasteiger charge is 2.37. The first-order chi connectivity index (χ1) is 10.8. The van der Waals surface area contributed by atoms with Crippen LogP contribution >= 0.6 is 23.2 Å². The Labute approximate surface area is 140 Å². The van der Waals surface area contributed by atoms with Crippen LogP contribution in [0.3, 0.4) is 0 Å². The van der Waals surface area contributed by atoms with E-state index in [1.54, 1.807) is 6.92 Å². The summed E-state index contributed by atoms with van der Waals surface area (Å²) in [5, 5.41) is 9.45. The monoisotopic (exact) mass is 364 g/mol. The van der Waals surface area contributed by atoms with Crippen LogP contribution in [0.2, 0.25) is 10.3 Å². The van der Waals surface area contributed by atoms with Crippen LogP contribution in [-0.2, 0) is 9.53 Å². The third kappa shape index (κ3) is 4.17. The van der Waals surface area contributed by atoms with Gasteiger partial charge in [-0.25, -0.2) is 18.6 Å². The molecule has 0 amide bonds. The van der Waals surface area contributed by atoms with E-state index in [1.165, 1.54) is 0 Å². The van der Waals surface area contributed by atoms with E-state index in [1.807, 2.05) is 0 Å². The number of pyridine rings is 1. The molecule has 1 aliphatic carbocycles. The van der Waals surface area contributed by atoms with E-state index < -0.39 is 34.9 Å². The van der Waals surface area contributed by atoms with Gasteiger partial charge in [-0.3, -0.25) is 4.99 Å². The van der Waals surface area contributed by atoms with Crippen molar-refractivity contribution in [2.24, 2.45) is 4.99 Å². The minimum Gasteiger partial charge on any atom is -0.506 e. The first-order valence-electron chi connectivity index (χ1n) is 6.64. The Bertz CT molecular complexity index is 695. The number of aliphatic imine (C=N–C) groups is 1. The van der Waals surface area contributed by atoms with Crippen molar-refractivity contribution in [2.75, 3.05) is 6.61 Å². The van der Waals surface area contributed by atoms with Crippen molar-refractivity contribution in [1.29, 1.82) is 0 Å². The lowest BCUT2D eigenvalue weighted by Gasteiger charge is -2.08. The van der Waals surface area contributed by atoms with E-state index in [4.69, 9.17) is 27.9 Å². The number of carbonyl (C=O) groups is 1. The van der Waals surface area contributed by atoms with Crippen LogP contribution in [0, 0.1) is 5.82 Å². The smallest absolute Gasteiger partial charge is 0.343 e. The van der Waals surface area contributed by atoms with Crippen LogP contribution in [0.4, 0.5) is 8.78 Å². The van der Waals surface area contributed by atoms with Gasteiger partial charge in [0.15, 0.2) is 11.0 Å². The summed E-state index contributed by atoms with van der Waals surface area (Å²) < 4.78 is 31.2. The lowest BCUT2D eigenvalue weighted by atomic mass is 10.1. The van der Waals surface area contributed by atoms with E-state index in [2.05, 4.69) is 9.98 Å². The molecule has 124 valence electrons. The topological polar surface area (TPSA) is 71.8 Å². The van der Waals surface area contributed by atoms with E-state index in [9.17, 15) is 18.7 Å². The van der Waals surface area contributed by atoms with Crippen LogP contribution < -0.4 is 0 Å². The van der Waals surface area contributed by atoms with Crippen LogP contribution in [0.25, 0.3) is 5.76 Å². The number of rotatable bonds is 5. The summed E-state index contributed by atoms with van der Waals surface area (Å²) in [6.45, 7) is 1.61. The molecule has 0 radical (unpaired) electrons. The molecule has 2 rings (SSSR count). The molecule has 2 atom stereocenters. The van der Waals surface area contributed by atoms with Crippen molar-refractivity contribution in [3.05, 3.63) is 33.3 Å². The van der Waals surface area contributed by atoms with Crippen molar-refractivity contribution >= 4 is 41.1 Å². The van der Waals surface area contributed by atoms with E-state index in [0.717, 1.165) is 12.3 Å². The van der Waals surface area contributed by atoms with Gasteiger partial charge < -0.3 is 9.84 Å². The number of esters is 1. The highest BCUT2D eigenvalue weighted by Crippen LogP contribution is 2.30. The van der Waals surface area contributed by atoms with Gasteiger partial charge in [0, 0.05) is 12.6 Å². The zero-order chi connectivity index (χ0) is 17.1. The summed E-state index contributed by atoms with van der Waals surface area (Å²) >= 11 is 11.3. The minimum absolute atomic E-state index is 0.0412. The van der Waals surface area contributed by atoms with Gasteiger partial charge in [-0.2, -0.15) is 0 Å². The SMILES string of the molecule is CCOC(=O)C(C=NC1CC1F)=C(O)c1cc(F)c(Cl)nc1Cl. The Morgan fingerprint density at radius 2 is 2.22 bits per heavy atom. The molecule has 1 N–H and O–H groups in total. The van der Waals surface area contributed by atoms with Crippen LogP contribution in [0.15, 0.2) is 16.6 Å². The van der Waals surface area contributed by atoms with E-state index in [-0.39, 0.29) is 29.3 Å². The maximum Gasteiger partial charge on any atom is 0.343 e. The standard InChI is InChI=1S/C14H12Cl2F2N2O3/c1-2-23-14(22)7(5-19-10-4-8(10)17)11(21)6-3-9(18)13(16)20-12(6)15/h3,5,8,10,21H,2,4H2,1H3. The summed E-state index contributed by atoms with van der Waals surface area (Å²) in [5.41, 5.74) is -0.632. The van der Waals surface area contributed by atoms with Crippen molar-refractivity contribution in [1.82, 2.24) is 4.98 Å². The zero-order valence-corrected chi connectivity index (χ0v) is 13.4. The number of aliphatic hydroxyl groups is 1. The highest BCUT2D eigenvalue weighted by molar-refractivity contribution is 6.34. The molecule has 5 nitrogen and oxygen atoms in total. The fourth-order valence-electron chi connectivity index (χ4n) is 1.65. The minimum atomic E-state index is -1.07. The van der Waals surface area contributed by atoms with Gasteiger partial charge >= 0.3 is 5.97 Å². The summed E-state index contributed by atoms with van der Waals surface area (Å²) in [5.74, 6) is -2.52. The maximum atomic E-state index is 13.5. The lowest BCUT2D eigenvalue weighted by molar-refractivity contribution is -0.137. The quantitative estimate of drug-likeness (QED) is 0.285. The van der Waals surface area contributed by atoms with E-state index >= 15 is 0 Å². The molecule has 9 heteroatoms. The second-order valence-electron chi connectivity index (χ2n) is 4.68. The average Bonchev–Trinajstić information content (AvgIpc) is 3.19. The average molecular weight is 365 g/mol. The summed E-state index contributed by atoms with van der Waals surface area (Å²) in [6.07, 6.45) is 0.154. The van der Waals surface area contributed by atoms with E-state index in [0.29, 0.717) is 0 Å². The molecule has 1 aromatic rings. The second-order valence-corrected chi connectivity index (χ2v) is 5.40. The van der Waals surface area contributed by atoms with Crippen molar-refractivity contribution in [3.63, 3.8) is 0 Å². The second kappa shape index (κ2) is 7.23. The van der Waals surface area contributed by atoms with Gasteiger partial charge in [-0.15, -0.1) is 0 Å². The number of hydrogen-bond acceptors (Lipinski definition) is 5. The van der Waals surface area contributed by atoms with Crippen molar-refractivity contribution < 1.29 is 23.4 Å². The molecule has 1 saturated carbocycles. The third-order valence-corrected chi connectivity index (χ3v) is 3.52. The summed E-state index contributed by atoms with van der Waals surface area (Å²) in [4.78, 5) is 19.3. The fraction of sp³-hybridized carbons (Fsp3) is 0.357. The molecule has 0 saturated heterocycles. The zero-order valence-electron chi connectivity index (χ0n) is 11.9. The molecule has 2 unspecified atom stereocenters. The number of hydrogen-bond donors (Lipinski definition) is 1. The van der Waals surface area contributed by atoms with Crippen LogP contribution in [-0.4, -0.2) is 41.1 Å². The molecule has 1 aliphatic rings. The molecule has 0 bridgehead atoms. The first-order valence-corrected chi connectivity index (χ1v) is 7.40. The molecule has 23 heavy (non-hydrogen) atoms. The van der Waals surface area contributed by atoms with Gasteiger partial charge in [-0.1, -0.05) is 23.2 Å². The summed E-state index contributed by atoms with van der Waals surface area (Å²) in [7, 11) is 0. The molecule has 1 fully saturated rings. The molecular weight excluding hydrogens is 353 g/mol. The van der Waals surface area contributed by atoms with Gasteiger partial charge in [0.25, 0.3) is 0 Å². The fourth-order valence-corrected chi connectivity index (χ4v) is 2.06. The Balaban J connectivity index is 2.45. The molecule has 0 aliphatic heterocycles. The number of aliphatic hydroxyl groups excluding tert-OH is 1. The molecule has 0 aromatic carbocycles. The van der Waals surface area contributed by atoms with Gasteiger partial charge in [0.1, 0.15) is 22.7 Å². The van der Waals surface area contributed by atoms with Crippen molar-refractivity contribution in [2.45, 2.75) is 25.6 Å². The Morgan fingerprint density at radius 3 is 2.78 bits per heavy atom. The molecule has 0 spiro atoms. The highest BCUT2D eigenvalue weighted by atomic mass is 35.5. The van der Waals surface area contributed by atoms with Gasteiger partial charge in [0.2, 0.25) is 0 Å². The summed E-state index contributed by atoms with van der Waals surface area (Å²) in [6, 6.07) is 0.262. The number of carbonyl (C=O) groups excluding carboxylic acids is 1. The van der Waals surface area contributed by atoms with Crippen molar-refractivity contribution in [3.8, 4) is 0 Å². The van der Waals surface area contributed by atoms with Gasteiger partial charge in [0.05, 0.1) is 18.2 Å². The Hall–Kier alpha value is -1.73. The molecule has 1 aromatic heterocycles. The van der Waals surface area contributed by atoms with Crippen LogP contribution in [0.1, 0.15) is 18.9 Å². The number of nitrogens with zero attached hydrogens (tertiary/aromatic N) is 2. The molecular formula is C14H12Cl2F2N2O3. The number of halogens is 4. The number of aromatic nitrogens is 1. The largest absolute Gasteiger partial charge is 0.506 e. The normalized spacial score (nSPS) is 21.3. The maximum absolute atomic E-state index is 13.5. The predicted octanol–water partition coefficient (Wildman–Crippen LogP) is 3.54. The van der Waals surface area contributed by atoms with Crippen LogP contribution in [0.5, 0.6) is 0 Å². The Kier molecular flexibility index (Phi) is 5.54. The third-order valence-electron chi connectivity index (χ3n) is 2.97. The number of ether oxygens (including phenoxy) is 1. The lowest BCUT2D eigenvalue weighted by Crippen LogP contribution is -2.12. The first kappa shape index (κ1) is 17.6. The van der Waals surface area contributed by atoms with Gasteiger partial charge in [-0.05, 0) is 13.0 Å². The number of alkyl halides is 1. The molecule has 1 heterocycles. The Morgan fingerprint density at radius 1 is 1.57 bits per heavy atom. The predicted molar refractivity (Wildman–Crippen MR) is 82.2 cm³/mol.